The quantitative estimate of drug-likeness (QED) is 0.540. The molecule has 2 amide bonds. The number of carboxylic acid groups (broad SMARTS) is 1. The molecule has 0 aromatic heterocycles. The zero-order valence-electron chi connectivity index (χ0n) is 20.2. The molecule has 0 bridgehead atoms. The summed E-state index contributed by atoms with van der Waals surface area (Å²) in [4.78, 5) is 37.8. The van der Waals surface area contributed by atoms with E-state index in [0.717, 1.165) is 12.8 Å². The number of amides is 2. The average Bonchev–Trinajstić information content (AvgIpc) is 3.16. The standard InChI is InChI=1S/C28H34N2O5/c1-19(8-6-14-26(31)30-15-7-9-20(17-30)16-27(32)33)29-28(34)35-18-25-23-12-4-2-10-21(23)22-11-3-5-13-24(22)25/h2-5,10-13,19-20,25H,6-9,14-18H2,1H3,(H,29,34)(H,32,33). The van der Waals surface area contributed by atoms with Crippen LogP contribution < -0.4 is 5.32 Å². The van der Waals surface area contributed by atoms with Crippen LogP contribution in [-0.4, -0.2) is 53.7 Å². The molecule has 2 N–H and O–H groups in total. The number of ether oxygens (including phenoxy) is 1. The van der Waals surface area contributed by atoms with Crippen LogP contribution in [0.15, 0.2) is 48.5 Å². The van der Waals surface area contributed by atoms with E-state index in [1.807, 2.05) is 31.2 Å². The number of hydrogen-bond acceptors (Lipinski definition) is 4. The summed E-state index contributed by atoms with van der Waals surface area (Å²) < 4.78 is 5.60. The molecule has 0 radical (unpaired) electrons. The number of nitrogens with one attached hydrogen (secondary N) is 1. The fraction of sp³-hybridized carbons (Fsp3) is 0.464. The number of rotatable bonds is 9. The highest BCUT2D eigenvalue weighted by Gasteiger charge is 2.29. The predicted molar refractivity (Wildman–Crippen MR) is 133 cm³/mol. The molecule has 1 heterocycles. The van der Waals surface area contributed by atoms with Gasteiger partial charge in [-0.05, 0) is 60.8 Å². The largest absolute Gasteiger partial charge is 0.481 e. The molecule has 0 saturated carbocycles. The molecular weight excluding hydrogens is 444 g/mol. The normalized spacial score (nSPS) is 17.9. The van der Waals surface area contributed by atoms with Crippen molar-refractivity contribution in [3.8, 4) is 11.1 Å². The minimum Gasteiger partial charge on any atom is -0.481 e. The van der Waals surface area contributed by atoms with Crippen LogP contribution in [0.25, 0.3) is 11.1 Å². The molecule has 1 aliphatic carbocycles. The fourth-order valence-electron chi connectivity index (χ4n) is 5.34. The maximum atomic E-state index is 12.6. The maximum absolute atomic E-state index is 12.6. The number of hydrogen-bond donors (Lipinski definition) is 2. The number of fused-ring (bicyclic) bond motifs is 3. The van der Waals surface area contributed by atoms with Crippen molar-refractivity contribution in [3.05, 3.63) is 59.7 Å². The van der Waals surface area contributed by atoms with Crippen LogP contribution in [-0.2, 0) is 14.3 Å². The number of aliphatic carboxylic acids is 1. The van der Waals surface area contributed by atoms with Gasteiger partial charge in [-0.15, -0.1) is 0 Å². The van der Waals surface area contributed by atoms with Crippen LogP contribution in [0.4, 0.5) is 4.79 Å². The fourth-order valence-corrected chi connectivity index (χ4v) is 5.34. The van der Waals surface area contributed by atoms with Crippen molar-refractivity contribution >= 4 is 18.0 Å². The molecule has 2 aromatic carbocycles. The van der Waals surface area contributed by atoms with Crippen molar-refractivity contribution in [2.45, 2.75) is 57.4 Å². The first-order valence-electron chi connectivity index (χ1n) is 12.5. The van der Waals surface area contributed by atoms with Crippen molar-refractivity contribution in [1.29, 1.82) is 0 Å². The summed E-state index contributed by atoms with van der Waals surface area (Å²) in [6, 6.07) is 16.4. The SMILES string of the molecule is CC(CCCC(=O)N1CCCC(CC(=O)O)C1)NC(=O)OCC1c2ccccc2-c2ccccc21. The van der Waals surface area contributed by atoms with Crippen LogP contribution in [0.2, 0.25) is 0 Å². The molecular formula is C28H34N2O5. The van der Waals surface area contributed by atoms with Gasteiger partial charge in [-0.1, -0.05) is 48.5 Å². The number of carbonyl (C=O) groups is 3. The molecule has 7 nitrogen and oxygen atoms in total. The first kappa shape index (κ1) is 24.8. The molecule has 2 unspecified atom stereocenters. The molecule has 2 atom stereocenters. The smallest absolute Gasteiger partial charge is 0.407 e. The van der Waals surface area contributed by atoms with E-state index in [-0.39, 0.29) is 36.8 Å². The number of alkyl carbamates (subject to hydrolysis) is 1. The summed E-state index contributed by atoms with van der Waals surface area (Å²) in [7, 11) is 0. The molecule has 2 aromatic rings. The van der Waals surface area contributed by atoms with Crippen LogP contribution in [0, 0.1) is 5.92 Å². The first-order chi connectivity index (χ1) is 16.9. The predicted octanol–water partition coefficient (Wildman–Crippen LogP) is 4.80. The third kappa shape index (κ3) is 6.21. The summed E-state index contributed by atoms with van der Waals surface area (Å²) in [5.41, 5.74) is 4.74. The molecule has 35 heavy (non-hydrogen) atoms. The van der Waals surface area contributed by atoms with Crippen LogP contribution in [0.1, 0.15) is 62.5 Å². The second kappa shape index (κ2) is 11.4. The zero-order valence-corrected chi connectivity index (χ0v) is 20.2. The van der Waals surface area contributed by atoms with Crippen LogP contribution in [0.3, 0.4) is 0 Å². The first-order valence-corrected chi connectivity index (χ1v) is 12.5. The number of nitrogens with zero attached hydrogens (tertiary/aromatic N) is 1. The molecule has 1 aliphatic heterocycles. The lowest BCUT2D eigenvalue weighted by atomic mass is 9.94. The summed E-state index contributed by atoms with van der Waals surface area (Å²) >= 11 is 0. The number of piperidine rings is 1. The highest BCUT2D eigenvalue weighted by atomic mass is 16.5. The molecule has 2 aliphatic rings. The Kier molecular flexibility index (Phi) is 8.06. The van der Waals surface area contributed by atoms with Gasteiger partial charge in [-0.3, -0.25) is 9.59 Å². The van der Waals surface area contributed by atoms with Gasteiger partial charge < -0.3 is 20.1 Å². The zero-order chi connectivity index (χ0) is 24.8. The van der Waals surface area contributed by atoms with E-state index in [0.29, 0.717) is 32.4 Å². The van der Waals surface area contributed by atoms with Crippen molar-refractivity contribution in [2.75, 3.05) is 19.7 Å². The molecule has 1 fully saturated rings. The molecule has 4 rings (SSSR count). The Balaban J connectivity index is 1.19. The van der Waals surface area contributed by atoms with Gasteiger partial charge in [0, 0.05) is 37.9 Å². The minimum absolute atomic E-state index is 0.0237. The third-order valence-electron chi connectivity index (χ3n) is 7.07. The maximum Gasteiger partial charge on any atom is 0.407 e. The van der Waals surface area contributed by atoms with E-state index in [2.05, 4.69) is 29.6 Å². The summed E-state index contributed by atoms with van der Waals surface area (Å²) in [6.45, 7) is 3.41. The van der Waals surface area contributed by atoms with Gasteiger partial charge in [0.25, 0.3) is 0 Å². The van der Waals surface area contributed by atoms with E-state index in [1.165, 1.54) is 22.3 Å². The van der Waals surface area contributed by atoms with Crippen LogP contribution >= 0.6 is 0 Å². The summed E-state index contributed by atoms with van der Waals surface area (Å²) in [5.74, 6) is -0.680. The van der Waals surface area contributed by atoms with Crippen molar-refractivity contribution in [1.82, 2.24) is 10.2 Å². The number of carbonyl (C=O) groups excluding carboxylic acids is 2. The lowest BCUT2D eigenvalue weighted by Gasteiger charge is -2.32. The molecule has 1 saturated heterocycles. The van der Waals surface area contributed by atoms with Gasteiger partial charge in [-0.25, -0.2) is 4.79 Å². The Bertz CT molecular complexity index is 1020. The minimum atomic E-state index is -0.808. The van der Waals surface area contributed by atoms with E-state index in [9.17, 15) is 14.4 Å². The van der Waals surface area contributed by atoms with E-state index in [1.54, 1.807) is 4.90 Å². The van der Waals surface area contributed by atoms with Gasteiger partial charge in [0.05, 0.1) is 0 Å². The van der Waals surface area contributed by atoms with E-state index in [4.69, 9.17) is 9.84 Å². The topological polar surface area (TPSA) is 95.9 Å². The third-order valence-corrected chi connectivity index (χ3v) is 7.07. The van der Waals surface area contributed by atoms with Gasteiger partial charge >= 0.3 is 12.1 Å². The molecule has 186 valence electrons. The monoisotopic (exact) mass is 478 g/mol. The van der Waals surface area contributed by atoms with Crippen molar-refractivity contribution in [2.24, 2.45) is 5.92 Å². The van der Waals surface area contributed by atoms with Gasteiger partial charge in [0.15, 0.2) is 0 Å². The van der Waals surface area contributed by atoms with Crippen molar-refractivity contribution < 1.29 is 24.2 Å². The van der Waals surface area contributed by atoms with Gasteiger partial charge in [0.1, 0.15) is 6.61 Å². The second-order valence-corrected chi connectivity index (χ2v) is 9.71. The molecule has 7 heteroatoms. The lowest BCUT2D eigenvalue weighted by Crippen LogP contribution is -2.40. The second-order valence-electron chi connectivity index (χ2n) is 9.71. The Morgan fingerprint density at radius 3 is 2.40 bits per heavy atom. The molecule has 0 spiro atoms. The van der Waals surface area contributed by atoms with Crippen molar-refractivity contribution in [3.63, 3.8) is 0 Å². The highest BCUT2D eigenvalue weighted by molar-refractivity contribution is 5.79. The number of likely N-dealkylation sites (tertiary alicyclic amines) is 1. The number of carboxylic acids is 1. The Morgan fingerprint density at radius 2 is 1.74 bits per heavy atom. The Labute approximate surface area is 206 Å². The Hall–Kier alpha value is -3.35. The Morgan fingerprint density at radius 1 is 1.09 bits per heavy atom. The van der Waals surface area contributed by atoms with Gasteiger partial charge in [-0.2, -0.15) is 0 Å². The summed E-state index contributed by atoms with van der Waals surface area (Å²) in [6.07, 6.45) is 3.10. The van der Waals surface area contributed by atoms with Crippen LogP contribution in [0.5, 0.6) is 0 Å². The number of benzene rings is 2. The lowest BCUT2D eigenvalue weighted by molar-refractivity contribution is -0.140. The van der Waals surface area contributed by atoms with E-state index >= 15 is 0 Å². The average molecular weight is 479 g/mol. The van der Waals surface area contributed by atoms with Gasteiger partial charge in [0.2, 0.25) is 5.91 Å². The highest BCUT2D eigenvalue weighted by Crippen LogP contribution is 2.44. The summed E-state index contributed by atoms with van der Waals surface area (Å²) in [5, 5.41) is 11.9. The van der Waals surface area contributed by atoms with E-state index < -0.39 is 12.1 Å².